The van der Waals surface area contributed by atoms with Crippen molar-refractivity contribution in [3.05, 3.63) is 41.2 Å². The molecule has 0 amide bonds. The highest BCUT2D eigenvalue weighted by Crippen LogP contribution is 2.29. The Morgan fingerprint density at radius 2 is 2.00 bits per heavy atom. The maximum Gasteiger partial charge on any atom is 0.387 e. The van der Waals surface area contributed by atoms with Gasteiger partial charge in [0.1, 0.15) is 0 Å². The standard InChI is InChI=1S/C17H23F2N3O2/c1-12-9-13(2)22(21-12)8-4-7-20-11-14-5-6-15(23-3)16(10-14)24-17(18)19/h5-6,9-10,17,20H,4,7-8,11H2,1-3H3. The number of alkyl halides is 2. The third-order valence-corrected chi connectivity index (χ3v) is 3.60. The SMILES string of the molecule is COc1ccc(CNCCCn2nc(C)cc2C)cc1OC(F)F. The predicted octanol–water partition coefficient (Wildman–Crippen LogP) is 3.29. The molecule has 0 saturated heterocycles. The molecule has 0 fully saturated rings. The van der Waals surface area contributed by atoms with E-state index in [2.05, 4.69) is 21.2 Å². The molecule has 0 aliphatic heterocycles. The summed E-state index contributed by atoms with van der Waals surface area (Å²) in [7, 11) is 1.42. The fraction of sp³-hybridized carbons (Fsp3) is 0.471. The highest BCUT2D eigenvalue weighted by molar-refractivity contribution is 5.42. The van der Waals surface area contributed by atoms with Crippen LogP contribution in [0.3, 0.4) is 0 Å². The van der Waals surface area contributed by atoms with Crippen molar-refractivity contribution < 1.29 is 18.3 Å². The summed E-state index contributed by atoms with van der Waals surface area (Å²) in [5.41, 5.74) is 3.03. The van der Waals surface area contributed by atoms with Crippen LogP contribution < -0.4 is 14.8 Å². The number of benzene rings is 1. The Morgan fingerprint density at radius 3 is 2.62 bits per heavy atom. The molecule has 2 rings (SSSR count). The quantitative estimate of drug-likeness (QED) is 0.712. The maximum atomic E-state index is 12.4. The number of methoxy groups -OCH3 is 1. The molecule has 1 aromatic heterocycles. The smallest absolute Gasteiger partial charge is 0.387 e. The van der Waals surface area contributed by atoms with Crippen molar-refractivity contribution in [2.24, 2.45) is 0 Å². The van der Waals surface area contributed by atoms with Crippen molar-refractivity contribution in [2.45, 2.75) is 40.0 Å². The van der Waals surface area contributed by atoms with Crippen LogP contribution in [0.2, 0.25) is 0 Å². The molecule has 0 unspecified atom stereocenters. The van der Waals surface area contributed by atoms with Gasteiger partial charge < -0.3 is 14.8 Å². The summed E-state index contributed by atoms with van der Waals surface area (Å²) < 4.78 is 36.3. The first-order valence-electron chi connectivity index (χ1n) is 7.83. The highest BCUT2D eigenvalue weighted by atomic mass is 19.3. The van der Waals surface area contributed by atoms with E-state index in [0.717, 1.165) is 36.5 Å². The van der Waals surface area contributed by atoms with Crippen molar-refractivity contribution in [2.75, 3.05) is 13.7 Å². The average Bonchev–Trinajstić information content (AvgIpc) is 2.84. The monoisotopic (exact) mass is 339 g/mol. The molecular weight excluding hydrogens is 316 g/mol. The number of rotatable bonds is 9. The molecule has 0 aliphatic carbocycles. The van der Waals surface area contributed by atoms with Crippen molar-refractivity contribution in [3.63, 3.8) is 0 Å². The molecule has 0 radical (unpaired) electrons. The first-order valence-corrected chi connectivity index (χ1v) is 7.83. The van der Waals surface area contributed by atoms with Gasteiger partial charge in [0, 0.05) is 18.8 Å². The summed E-state index contributed by atoms with van der Waals surface area (Å²) in [6.45, 7) is 3.35. The van der Waals surface area contributed by atoms with E-state index in [-0.39, 0.29) is 5.75 Å². The third-order valence-electron chi connectivity index (χ3n) is 3.60. The van der Waals surface area contributed by atoms with Gasteiger partial charge in [-0.3, -0.25) is 4.68 Å². The minimum absolute atomic E-state index is 0.0504. The lowest BCUT2D eigenvalue weighted by molar-refractivity contribution is -0.0512. The largest absolute Gasteiger partial charge is 0.493 e. The molecule has 0 atom stereocenters. The first-order chi connectivity index (χ1) is 11.5. The summed E-state index contributed by atoms with van der Waals surface area (Å²) in [6.07, 6.45) is 0.929. The van der Waals surface area contributed by atoms with Crippen LogP contribution in [0.1, 0.15) is 23.4 Å². The zero-order chi connectivity index (χ0) is 17.5. The molecule has 0 aliphatic rings. The second kappa shape index (κ2) is 8.63. The number of hydrogen-bond acceptors (Lipinski definition) is 4. The lowest BCUT2D eigenvalue weighted by Gasteiger charge is -2.12. The number of ether oxygens (including phenoxy) is 2. The van der Waals surface area contributed by atoms with Crippen LogP contribution in [0.4, 0.5) is 8.78 Å². The van der Waals surface area contributed by atoms with Gasteiger partial charge in [0.2, 0.25) is 0 Å². The fourth-order valence-electron chi connectivity index (χ4n) is 2.51. The van der Waals surface area contributed by atoms with Crippen LogP contribution in [0.25, 0.3) is 0 Å². The van der Waals surface area contributed by atoms with E-state index in [1.54, 1.807) is 12.1 Å². The van der Waals surface area contributed by atoms with Gasteiger partial charge in [-0.2, -0.15) is 13.9 Å². The number of halogens is 2. The van der Waals surface area contributed by atoms with Crippen molar-refractivity contribution in [3.8, 4) is 11.5 Å². The summed E-state index contributed by atoms with van der Waals surface area (Å²) >= 11 is 0. The summed E-state index contributed by atoms with van der Waals surface area (Å²) in [6, 6.07) is 7.07. The predicted molar refractivity (Wildman–Crippen MR) is 87.7 cm³/mol. The van der Waals surface area contributed by atoms with Gasteiger partial charge in [0.25, 0.3) is 0 Å². The van der Waals surface area contributed by atoms with Crippen molar-refractivity contribution >= 4 is 0 Å². The third kappa shape index (κ3) is 5.19. The average molecular weight is 339 g/mol. The molecule has 0 spiro atoms. The molecule has 24 heavy (non-hydrogen) atoms. The molecule has 0 bridgehead atoms. The Labute approximate surface area is 140 Å². The van der Waals surface area contributed by atoms with E-state index in [1.807, 2.05) is 24.6 Å². The van der Waals surface area contributed by atoms with Crippen LogP contribution in [0, 0.1) is 13.8 Å². The first kappa shape index (κ1) is 18.2. The molecule has 1 N–H and O–H groups in total. The van der Waals surface area contributed by atoms with E-state index < -0.39 is 6.61 Å². The lowest BCUT2D eigenvalue weighted by atomic mass is 10.2. The Bertz CT molecular complexity index is 659. The molecule has 1 heterocycles. The van der Waals surface area contributed by atoms with Crippen molar-refractivity contribution in [1.29, 1.82) is 0 Å². The van der Waals surface area contributed by atoms with Gasteiger partial charge >= 0.3 is 6.61 Å². The molecule has 0 saturated carbocycles. The van der Waals surface area contributed by atoms with Crippen LogP contribution in [0.15, 0.2) is 24.3 Å². The molecule has 7 heteroatoms. The summed E-state index contributed by atoms with van der Waals surface area (Å²) in [5, 5.41) is 7.70. The van der Waals surface area contributed by atoms with Crippen LogP contribution >= 0.6 is 0 Å². The Balaban J connectivity index is 1.80. The summed E-state index contributed by atoms with van der Waals surface area (Å²) in [4.78, 5) is 0. The zero-order valence-electron chi connectivity index (χ0n) is 14.2. The molecule has 5 nitrogen and oxygen atoms in total. The van der Waals surface area contributed by atoms with Gasteiger partial charge in [0.15, 0.2) is 11.5 Å². The molecule has 132 valence electrons. The van der Waals surface area contributed by atoms with Gasteiger partial charge in [-0.05, 0) is 50.6 Å². The van der Waals surface area contributed by atoms with Gasteiger partial charge in [-0.1, -0.05) is 6.07 Å². The number of nitrogens with zero attached hydrogens (tertiary/aromatic N) is 2. The molecular formula is C17H23F2N3O2. The van der Waals surface area contributed by atoms with Crippen LogP contribution in [0.5, 0.6) is 11.5 Å². The van der Waals surface area contributed by atoms with E-state index in [4.69, 9.17) is 4.74 Å². The number of nitrogens with one attached hydrogen (secondary N) is 1. The normalized spacial score (nSPS) is 11.1. The van der Waals surface area contributed by atoms with E-state index in [0.29, 0.717) is 12.3 Å². The Kier molecular flexibility index (Phi) is 6.54. The highest BCUT2D eigenvalue weighted by Gasteiger charge is 2.11. The Morgan fingerprint density at radius 1 is 1.21 bits per heavy atom. The van der Waals surface area contributed by atoms with E-state index in [9.17, 15) is 8.78 Å². The lowest BCUT2D eigenvalue weighted by Crippen LogP contribution is -2.17. The number of hydrogen-bond donors (Lipinski definition) is 1. The molecule has 2 aromatic rings. The van der Waals surface area contributed by atoms with E-state index >= 15 is 0 Å². The second-order valence-electron chi connectivity index (χ2n) is 5.54. The topological polar surface area (TPSA) is 48.3 Å². The zero-order valence-corrected chi connectivity index (χ0v) is 14.2. The van der Waals surface area contributed by atoms with Crippen molar-refractivity contribution in [1.82, 2.24) is 15.1 Å². The minimum Gasteiger partial charge on any atom is -0.493 e. The fourth-order valence-corrected chi connectivity index (χ4v) is 2.51. The van der Waals surface area contributed by atoms with Gasteiger partial charge in [-0.25, -0.2) is 0 Å². The van der Waals surface area contributed by atoms with Crippen LogP contribution in [-0.2, 0) is 13.1 Å². The Hall–Kier alpha value is -2.15. The number of aryl methyl sites for hydroxylation is 3. The summed E-state index contributed by atoms with van der Waals surface area (Å²) in [5.74, 6) is 0.345. The van der Waals surface area contributed by atoms with E-state index in [1.165, 1.54) is 7.11 Å². The minimum atomic E-state index is -2.87. The van der Waals surface area contributed by atoms with Crippen LogP contribution in [-0.4, -0.2) is 30.0 Å². The number of aromatic nitrogens is 2. The second-order valence-corrected chi connectivity index (χ2v) is 5.54. The molecule has 1 aromatic carbocycles. The van der Waals surface area contributed by atoms with Gasteiger partial charge in [0.05, 0.1) is 12.8 Å². The van der Waals surface area contributed by atoms with Gasteiger partial charge in [-0.15, -0.1) is 0 Å². The maximum absolute atomic E-state index is 12.4.